The van der Waals surface area contributed by atoms with Crippen molar-refractivity contribution >= 4 is 9.84 Å². The lowest BCUT2D eigenvalue weighted by Crippen LogP contribution is -2.35. The summed E-state index contributed by atoms with van der Waals surface area (Å²) < 4.78 is 24.8. The van der Waals surface area contributed by atoms with Gasteiger partial charge in [0.1, 0.15) is 0 Å². The molecule has 0 aliphatic rings. The average Bonchev–Trinajstić information content (AvgIpc) is 2.64. The molecule has 0 radical (unpaired) electrons. The summed E-state index contributed by atoms with van der Waals surface area (Å²) in [5.74, 6) is 0.337. The van der Waals surface area contributed by atoms with Crippen LogP contribution < -0.4 is 5.32 Å². The van der Waals surface area contributed by atoms with Crippen LogP contribution in [0.5, 0.6) is 0 Å². The van der Waals surface area contributed by atoms with Gasteiger partial charge in [-0.1, -0.05) is 6.92 Å². The molecular formula is C13H25N3O2S. The van der Waals surface area contributed by atoms with Gasteiger partial charge in [-0.15, -0.1) is 0 Å². The summed E-state index contributed by atoms with van der Waals surface area (Å²) in [5, 5.41) is 7.67. The highest BCUT2D eigenvalue weighted by Crippen LogP contribution is 2.09. The van der Waals surface area contributed by atoms with Crippen LogP contribution in [0.15, 0.2) is 6.20 Å². The second-order valence-corrected chi connectivity index (χ2v) is 8.29. The molecule has 5 nitrogen and oxygen atoms in total. The third kappa shape index (κ3) is 5.32. The van der Waals surface area contributed by atoms with Crippen molar-refractivity contribution in [2.24, 2.45) is 0 Å². The molecular weight excluding hydrogens is 262 g/mol. The van der Waals surface area contributed by atoms with E-state index in [0.29, 0.717) is 6.54 Å². The first-order valence-corrected chi connectivity index (χ1v) is 8.43. The number of nitrogens with one attached hydrogen (secondary N) is 1. The van der Waals surface area contributed by atoms with E-state index in [0.717, 1.165) is 17.8 Å². The van der Waals surface area contributed by atoms with Gasteiger partial charge >= 0.3 is 0 Å². The number of aromatic nitrogens is 2. The van der Waals surface area contributed by atoms with Crippen LogP contribution in [0.2, 0.25) is 0 Å². The van der Waals surface area contributed by atoms with Gasteiger partial charge in [0, 0.05) is 29.1 Å². The molecule has 0 bridgehead atoms. The van der Waals surface area contributed by atoms with E-state index in [1.54, 1.807) is 11.6 Å². The summed E-state index contributed by atoms with van der Waals surface area (Å²) in [6.45, 7) is 11.2. The molecule has 1 aromatic heterocycles. The summed E-state index contributed by atoms with van der Waals surface area (Å²) in [4.78, 5) is 0. The van der Waals surface area contributed by atoms with Crippen LogP contribution >= 0.6 is 0 Å². The Hall–Kier alpha value is -0.880. The minimum atomic E-state index is -2.94. The molecule has 0 amide bonds. The molecule has 0 aliphatic heterocycles. The molecule has 0 aliphatic carbocycles. The first kappa shape index (κ1) is 16.2. The highest BCUT2D eigenvalue weighted by molar-refractivity contribution is 7.91. The second kappa shape index (κ2) is 6.05. The predicted octanol–water partition coefficient (Wildman–Crippen LogP) is 1.51. The number of sulfone groups is 1. The maximum Gasteiger partial charge on any atom is 0.151 e. The van der Waals surface area contributed by atoms with Crippen LogP contribution in [-0.4, -0.2) is 35.2 Å². The lowest BCUT2D eigenvalue weighted by atomic mass is 10.1. The smallest absolute Gasteiger partial charge is 0.151 e. The van der Waals surface area contributed by atoms with Crippen molar-refractivity contribution in [1.29, 1.82) is 0 Å². The fourth-order valence-electron chi connectivity index (χ4n) is 1.61. The van der Waals surface area contributed by atoms with E-state index in [-0.39, 0.29) is 17.0 Å². The quantitative estimate of drug-likeness (QED) is 0.861. The number of hydrogen-bond donors (Lipinski definition) is 1. The number of aryl methyl sites for hydroxylation is 1. The standard InChI is InChI=1S/C13H25N3O2S/c1-6-19(17,18)8-7-16-11(2)12(10-15-16)9-14-13(3,4)5/h10,14H,6-9H2,1-5H3. The summed E-state index contributed by atoms with van der Waals surface area (Å²) in [6.07, 6.45) is 1.81. The van der Waals surface area contributed by atoms with Crippen LogP contribution in [0, 0.1) is 6.92 Å². The lowest BCUT2D eigenvalue weighted by Gasteiger charge is -2.20. The third-order valence-electron chi connectivity index (χ3n) is 3.07. The molecule has 1 rings (SSSR count). The predicted molar refractivity (Wildman–Crippen MR) is 77.9 cm³/mol. The van der Waals surface area contributed by atoms with E-state index < -0.39 is 9.84 Å². The van der Waals surface area contributed by atoms with Crippen molar-refractivity contribution in [2.45, 2.75) is 53.2 Å². The zero-order valence-corrected chi connectivity index (χ0v) is 13.3. The number of rotatable bonds is 6. The zero-order valence-electron chi connectivity index (χ0n) is 12.5. The molecule has 19 heavy (non-hydrogen) atoms. The summed E-state index contributed by atoms with van der Waals surface area (Å²) in [7, 11) is -2.94. The Morgan fingerprint density at radius 2 is 2.00 bits per heavy atom. The van der Waals surface area contributed by atoms with Gasteiger partial charge in [-0.25, -0.2) is 8.42 Å². The maximum absolute atomic E-state index is 11.5. The van der Waals surface area contributed by atoms with E-state index in [4.69, 9.17) is 0 Å². The molecule has 0 fully saturated rings. The zero-order chi connectivity index (χ0) is 14.7. The molecule has 110 valence electrons. The van der Waals surface area contributed by atoms with Crippen LogP contribution in [0.25, 0.3) is 0 Å². The van der Waals surface area contributed by atoms with Gasteiger partial charge in [0.25, 0.3) is 0 Å². The van der Waals surface area contributed by atoms with Gasteiger partial charge in [-0.2, -0.15) is 5.10 Å². The van der Waals surface area contributed by atoms with Crippen LogP contribution in [0.3, 0.4) is 0 Å². The molecule has 1 N–H and O–H groups in total. The third-order valence-corrected chi connectivity index (χ3v) is 4.75. The summed E-state index contributed by atoms with van der Waals surface area (Å²) in [6, 6.07) is 0. The second-order valence-electron chi connectivity index (χ2n) is 5.82. The molecule has 0 aromatic carbocycles. The number of nitrogens with zero attached hydrogens (tertiary/aromatic N) is 2. The SMILES string of the molecule is CCS(=O)(=O)CCn1ncc(CNC(C)(C)C)c1C. The van der Waals surface area contributed by atoms with Gasteiger partial charge in [0.15, 0.2) is 9.84 Å². The first-order valence-electron chi connectivity index (χ1n) is 6.61. The summed E-state index contributed by atoms with van der Waals surface area (Å²) >= 11 is 0. The van der Waals surface area contributed by atoms with E-state index in [1.165, 1.54) is 0 Å². The first-order chi connectivity index (χ1) is 8.64. The van der Waals surface area contributed by atoms with Crippen LogP contribution in [0.4, 0.5) is 0 Å². The molecule has 0 unspecified atom stereocenters. The van der Waals surface area contributed by atoms with Crippen LogP contribution in [0.1, 0.15) is 39.0 Å². The van der Waals surface area contributed by atoms with Gasteiger partial charge in [-0.3, -0.25) is 4.68 Å². The number of hydrogen-bond acceptors (Lipinski definition) is 4. The molecule has 1 aromatic rings. The van der Waals surface area contributed by atoms with Crippen LogP contribution in [-0.2, 0) is 22.9 Å². The van der Waals surface area contributed by atoms with Gasteiger partial charge < -0.3 is 5.32 Å². The fourth-order valence-corrected chi connectivity index (χ4v) is 2.35. The molecule has 0 atom stereocenters. The van der Waals surface area contributed by atoms with E-state index >= 15 is 0 Å². The molecule has 1 heterocycles. The van der Waals surface area contributed by atoms with Crippen molar-refractivity contribution in [1.82, 2.24) is 15.1 Å². The van der Waals surface area contributed by atoms with Gasteiger partial charge in [0.2, 0.25) is 0 Å². The van der Waals surface area contributed by atoms with E-state index in [1.807, 2.05) is 13.1 Å². The van der Waals surface area contributed by atoms with E-state index in [2.05, 4.69) is 31.2 Å². The molecule has 6 heteroatoms. The monoisotopic (exact) mass is 287 g/mol. The average molecular weight is 287 g/mol. The van der Waals surface area contributed by atoms with Crippen molar-refractivity contribution in [2.75, 3.05) is 11.5 Å². The highest BCUT2D eigenvalue weighted by atomic mass is 32.2. The molecule has 0 saturated heterocycles. The Balaban J connectivity index is 2.66. The van der Waals surface area contributed by atoms with E-state index in [9.17, 15) is 8.42 Å². The largest absolute Gasteiger partial charge is 0.308 e. The normalized spacial score (nSPS) is 12.9. The van der Waals surface area contributed by atoms with Crippen molar-refractivity contribution in [3.05, 3.63) is 17.5 Å². The van der Waals surface area contributed by atoms with Crippen molar-refractivity contribution < 1.29 is 8.42 Å². The Kier molecular flexibility index (Phi) is 5.15. The Bertz CT molecular complexity index is 512. The fraction of sp³-hybridized carbons (Fsp3) is 0.769. The van der Waals surface area contributed by atoms with Crippen molar-refractivity contribution in [3.8, 4) is 0 Å². The minimum Gasteiger partial charge on any atom is -0.308 e. The minimum absolute atomic E-state index is 0.0556. The van der Waals surface area contributed by atoms with Gasteiger partial charge in [-0.05, 0) is 27.7 Å². The Morgan fingerprint density at radius 3 is 2.53 bits per heavy atom. The highest BCUT2D eigenvalue weighted by Gasteiger charge is 2.13. The summed E-state index contributed by atoms with van der Waals surface area (Å²) in [5.41, 5.74) is 2.20. The lowest BCUT2D eigenvalue weighted by molar-refractivity contribution is 0.423. The van der Waals surface area contributed by atoms with Crippen molar-refractivity contribution in [3.63, 3.8) is 0 Å². The molecule has 0 saturated carbocycles. The maximum atomic E-state index is 11.5. The Labute approximate surface area is 116 Å². The molecule has 0 spiro atoms. The Morgan fingerprint density at radius 1 is 1.37 bits per heavy atom. The van der Waals surface area contributed by atoms with Gasteiger partial charge in [0.05, 0.1) is 18.5 Å². The topological polar surface area (TPSA) is 64.0 Å².